The maximum Gasteiger partial charge on any atom is 0.340 e. The van der Waals surface area contributed by atoms with Gasteiger partial charge in [0.05, 0.1) is 12.7 Å². The number of carbonyl (C=O) groups is 1. The lowest BCUT2D eigenvalue weighted by Gasteiger charge is -2.09. The van der Waals surface area contributed by atoms with Crippen molar-refractivity contribution in [3.05, 3.63) is 54.1 Å². The molecule has 21 heavy (non-hydrogen) atoms. The second-order valence-electron chi connectivity index (χ2n) is 4.25. The van der Waals surface area contributed by atoms with Crippen molar-refractivity contribution in [2.45, 2.75) is 0 Å². The summed E-state index contributed by atoms with van der Waals surface area (Å²) in [6.45, 7) is 0.421. The summed E-state index contributed by atoms with van der Waals surface area (Å²) in [4.78, 5) is 11.8. The van der Waals surface area contributed by atoms with Gasteiger partial charge in [0, 0.05) is 5.69 Å². The van der Waals surface area contributed by atoms with Gasteiger partial charge in [-0.05, 0) is 36.4 Å². The zero-order chi connectivity index (χ0) is 15.1. The number of hydrogen-bond acceptors (Lipinski definition) is 5. The fourth-order valence-electron chi connectivity index (χ4n) is 1.73. The van der Waals surface area contributed by atoms with Gasteiger partial charge in [-0.25, -0.2) is 4.79 Å². The summed E-state index contributed by atoms with van der Waals surface area (Å²) in [5, 5.41) is 0. The number of benzene rings is 2. The Morgan fingerprint density at radius 2 is 1.67 bits per heavy atom. The molecule has 0 spiro atoms. The molecule has 0 saturated carbocycles. The highest BCUT2D eigenvalue weighted by atomic mass is 16.6. The van der Waals surface area contributed by atoms with E-state index < -0.39 is 5.97 Å². The molecule has 0 aliphatic carbocycles. The number of hydrogen-bond donors (Lipinski definition) is 1. The third-order valence-electron chi connectivity index (χ3n) is 2.83. The highest BCUT2D eigenvalue weighted by Gasteiger charge is 2.09. The van der Waals surface area contributed by atoms with Crippen LogP contribution in [0.2, 0.25) is 0 Å². The largest absolute Gasteiger partial charge is 0.497 e. The number of rotatable bonds is 6. The van der Waals surface area contributed by atoms with E-state index in [2.05, 4.69) is 0 Å². The zero-order valence-electron chi connectivity index (χ0n) is 11.7. The molecule has 2 N–H and O–H groups in total. The van der Waals surface area contributed by atoms with Gasteiger partial charge in [-0.15, -0.1) is 0 Å². The van der Waals surface area contributed by atoms with Gasteiger partial charge in [0.25, 0.3) is 0 Å². The van der Waals surface area contributed by atoms with Crippen LogP contribution in [0.25, 0.3) is 0 Å². The molecule has 2 rings (SSSR count). The summed E-state index contributed by atoms with van der Waals surface area (Å²) in [6, 6.07) is 14.0. The maximum atomic E-state index is 11.8. The third-order valence-corrected chi connectivity index (χ3v) is 2.83. The van der Waals surface area contributed by atoms with Gasteiger partial charge in [-0.2, -0.15) is 0 Å². The van der Waals surface area contributed by atoms with E-state index in [0.29, 0.717) is 17.0 Å². The fraction of sp³-hybridized carbons (Fsp3) is 0.188. The van der Waals surface area contributed by atoms with Gasteiger partial charge < -0.3 is 19.9 Å². The van der Waals surface area contributed by atoms with Crippen molar-refractivity contribution in [3.8, 4) is 11.5 Å². The standard InChI is InChI=1S/C16H17NO4/c1-19-12-6-8-13(9-7-12)20-10-11-21-16(18)14-4-2-3-5-15(14)17/h2-9H,10-11,17H2,1H3. The van der Waals surface area contributed by atoms with Crippen molar-refractivity contribution in [1.82, 2.24) is 0 Å². The predicted octanol–water partition coefficient (Wildman–Crippen LogP) is 2.51. The molecule has 0 amide bonds. The van der Waals surface area contributed by atoms with Crippen molar-refractivity contribution in [1.29, 1.82) is 0 Å². The van der Waals surface area contributed by atoms with Crippen LogP contribution in [-0.2, 0) is 4.74 Å². The third kappa shape index (κ3) is 4.14. The summed E-state index contributed by atoms with van der Waals surface area (Å²) in [5.41, 5.74) is 6.46. The van der Waals surface area contributed by atoms with Gasteiger partial charge in [-0.1, -0.05) is 12.1 Å². The topological polar surface area (TPSA) is 70.8 Å². The summed E-state index contributed by atoms with van der Waals surface area (Å²) >= 11 is 0. The van der Waals surface area contributed by atoms with Crippen molar-refractivity contribution in [3.63, 3.8) is 0 Å². The normalized spacial score (nSPS) is 9.95. The van der Waals surface area contributed by atoms with E-state index in [0.717, 1.165) is 5.75 Å². The minimum Gasteiger partial charge on any atom is -0.497 e. The Kier molecular flexibility index (Phi) is 5.04. The Bertz CT molecular complexity index is 595. The smallest absolute Gasteiger partial charge is 0.340 e. The monoisotopic (exact) mass is 287 g/mol. The second kappa shape index (κ2) is 7.19. The molecule has 0 fully saturated rings. The molecule has 2 aromatic carbocycles. The van der Waals surface area contributed by atoms with Crippen LogP contribution in [-0.4, -0.2) is 26.3 Å². The Morgan fingerprint density at radius 3 is 2.33 bits per heavy atom. The van der Waals surface area contributed by atoms with Crippen LogP contribution < -0.4 is 15.2 Å². The summed E-state index contributed by atoms with van der Waals surface area (Å²) < 4.78 is 15.6. The van der Waals surface area contributed by atoms with Crippen molar-refractivity contribution < 1.29 is 19.0 Å². The van der Waals surface area contributed by atoms with Crippen molar-refractivity contribution in [2.75, 3.05) is 26.1 Å². The number of nitrogens with two attached hydrogens (primary N) is 1. The lowest BCUT2D eigenvalue weighted by Crippen LogP contribution is -2.13. The first-order valence-corrected chi connectivity index (χ1v) is 6.49. The highest BCUT2D eigenvalue weighted by Crippen LogP contribution is 2.17. The van der Waals surface area contributed by atoms with Crippen LogP contribution in [0.15, 0.2) is 48.5 Å². The van der Waals surface area contributed by atoms with Crippen LogP contribution in [0, 0.1) is 0 Å². The first-order valence-electron chi connectivity index (χ1n) is 6.49. The molecular weight excluding hydrogens is 270 g/mol. The van der Waals surface area contributed by atoms with E-state index in [1.807, 2.05) is 0 Å². The quantitative estimate of drug-likeness (QED) is 0.502. The Morgan fingerprint density at radius 1 is 1.00 bits per heavy atom. The number of methoxy groups -OCH3 is 1. The molecule has 0 aromatic heterocycles. The molecule has 5 nitrogen and oxygen atoms in total. The molecule has 0 saturated heterocycles. The number of carbonyl (C=O) groups excluding carboxylic acids is 1. The molecule has 0 aliphatic heterocycles. The molecular formula is C16H17NO4. The molecule has 2 aromatic rings. The van der Waals surface area contributed by atoms with Gasteiger partial charge in [0.15, 0.2) is 0 Å². The molecule has 0 atom stereocenters. The Labute approximate surface area is 123 Å². The Balaban J connectivity index is 1.76. The average molecular weight is 287 g/mol. The number of para-hydroxylation sites is 1. The van der Waals surface area contributed by atoms with E-state index in [1.54, 1.807) is 55.6 Å². The summed E-state index contributed by atoms with van der Waals surface area (Å²) in [5.74, 6) is 0.992. The van der Waals surface area contributed by atoms with E-state index in [1.165, 1.54) is 0 Å². The highest BCUT2D eigenvalue weighted by molar-refractivity contribution is 5.94. The van der Waals surface area contributed by atoms with Crippen molar-refractivity contribution in [2.24, 2.45) is 0 Å². The van der Waals surface area contributed by atoms with Gasteiger partial charge in [0.1, 0.15) is 24.7 Å². The molecule has 0 unspecified atom stereocenters. The summed E-state index contributed by atoms with van der Waals surface area (Å²) in [7, 11) is 1.60. The minimum atomic E-state index is -0.452. The molecule has 0 bridgehead atoms. The lowest BCUT2D eigenvalue weighted by atomic mass is 10.2. The minimum absolute atomic E-state index is 0.152. The van der Waals surface area contributed by atoms with E-state index in [9.17, 15) is 4.79 Å². The van der Waals surface area contributed by atoms with Crippen LogP contribution in [0.1, 0.15) is 10.4 Å². The number of anilines is 1. The van der Waals surface area contributed by atoms with Gasteiger partial charge in [0.2, 0.25) is 0 Å². The molecule has 0 radical (unpaired) electrons. The van der Waals surface area contributed by atoms with E-state index >= 15 is 0 Å². The summed E-state index contributed by atoms with van der Waals surface area (Å²) in [6.07, 6.45) is 0. The van der Waals surface area contributed by atoms with Crippen LogP contribution >= 0.6 is 0 Å². The van der Waals surface area contributed by atoms with Crippen LogP contribution in [0.5, 0.6) is 11.5 Å². The maximum absolute atomic E-state index is 11.8. The second-order valence-corrected chi connectivity index (χ2v) is 4.25. The van der Waals surface area contributed by atoms with Crippen LogP contribution in [0.3, 0.4) is 0 Å². The zero-order valence-corrected chi connectivity index (χ0v) is 11.7. The van der Waals surface area contributed by atoms with E-state index in [4.69, 9.17) is 19.9 Å². The van der Waals surface area contributed by atoms with Crippen LogP contribution in [0.4, 0.5) is 5.69 Å². The average Bonchev–Trinajstić information content (AvgIpc) is 2.52. The predicted molar refractivity (Wildman–Crippen MR) is 79.6 cm³/mol. The number of nitrogen functional groups attached to an aromatic ring is 1. The first kappa shape index (κ1) is 14.7. The van der Waals surface area contributed by atoms with Gasteiger partial charge in [-0.3, -0.25) is 0 Å². The number of ether oxygens (including phenoxy) is 3. The molecule has 5 heteroatoms. The molecule has 0 aliphatic rings. The fourth-order valence-corrected chi connectivity index (χ4v) is 1.73. The SMILES string of the molecule is COc1ccc(OCCOC(=O)c2ccccc2N)cc1. The van der Waals surface area contributed by atoms with E-state index in [-0.39, 0.29) is 13.2 Å². The first-order chi connectivity index (χ1) is 10.2. The number of esters is 1. The molecule has 110 valence electrons. The van der Waals surface area contributed by atoms with Gasteiger partial charge >= 0.3 is 5.97 Å². The molecule has 0 heterocycles. The lowest BCUT2D eigenvalue weighted by molar-refractivity contribution is 0.0451. The van der Waals surface area contributed by atoms with Crippen molar-refractivity contribution >= 4 is 11.7 Å². The Hall–Kier alpha value is -2.69.